The Kier molecular flexibility index (Phi) is 8.53. The van der Waals surface area contributed by atoms with Gasteiger partial charge in [-0.3, -0.25) is 0 Å². The molecular weight excluding hydrogens is 749 g/mol. The molecule has 1 aromatic heterocycles. The Bertz CT molecular complexity index is 3560. The van der Waals surface area contributed by atoms with Gasteiger partial charge >= 0.3 is 0 Å². The van der Waals surface area contributed by atoms with Crippen molar-refractivity contribution in [1.82, 2.24) is 4.57 Å². The fourth-order valence-electron chi connectivity index (χ4n) is 9.61. The first-order valence-corrected chi connectivity index (χ1v) is 21.3. The lowest BCUT2D eigenvalue weighted by Crippen LogP contribution is -2.10. The summed E-state index contributed by atoms with van der Waals surface area (Å²) < 4.78 is 2.41. The first-order valence-electron chi connectivity index (χ1n) is 21.3. The molecule has 12 rings (SSSR count). The minimum absolute atomic E-state index is 1.09. The molecule has 12 aromatic rings. The Balaban J connectivity index is 0.962. The van der Waals surface area contributed by atoms with Crippen molar-refractivity contribution in [3.05, 3.63) is 243 Å². The zero-order chi connectivity index (χ0) is 41.0. The summed E-state index contributed by atoms with van der Waals surface area (Å²) in [5, 5.41) is 10.2. The molecule has 0 aliphatic rings. The molecule has 2 heteroatoms. The van der Waals surface area contributed by atoms with E-state index in [4.69, 9.17) is 0 Å². The van der Waals surface area contributed by atoms with Gasteiger partial charge in [-0.25, -0.2) is 0 Å². The molecule has 0 N–H and O–H groups in total. The molecule has 1 heterocycles. The third kappa shape index (κ3) is 6.04. The van der Waals surface area contributed by atoms with Gasteiger partial charge in [0.1, 0.15) is 0 Å². The van der Waals surface area contributed by atoms with Crippen LogP contribution in [0.2, 0.25) is 0 Å². The summed E-state index contributed by atoms with van der Waals surface area (Å²) in [4.78, 5) is 2.38. The van der Waals surface area contributed by atoms with Gasteiger partial charge in [-0.05, 0) is 121 Å². The lowest BCUT2D eigenvalue weighted by atomic mass is 9.94. The average Bonchev–Trinajstić information content (AvgIpc) is 3.69. The molecule has 0 unspecified atom stereocenters. The van der Waals surface area contributed by atoms with Crippen LogP contribution in [0, 0.1) is 0 Å². The van der Waals surface area contributed by atoms with Crippen molar-refractivity contribution in [2.75, 3.05) is 4.90 Å². The molecule has 0 amide bonds. The van der Waals surface area contributed by atoms with Crippen molar-refractivity contribution in [2.45, 2.75) is 0 Å². The Morgan fingerprint density at radius 3 is 1.53 bits per heavy atom. The van der Waals surface area contributed by atoms with Gasteiger partial charge in [0.25, 0.3) is 0 Å². The van der Waals surface area contributed by atoms with E-state index in [2.05, 4.69) is 252 Å². The van der Waals surface area contributed by atoms with E-state index in [1.165, 1.54) is 81.9 Å². The number of aromatic nitrogens is 1. The number of hydrogen-bond acceptors (Lipinski definition) is 1. The molecule has 62 heavy (non-hydrogen) atoms. The number of fused-ring (bicyclic) bond motifs is 8. The topological polar surface area (TPSA) is 8.17 Å². The summed E-state index contributed by atoms with van der Waals surface area (Å²) in [7, 11) is 0. The number of benzene rings is 11. The van der Waals surface area contributed by atoms with Crippen molar-refractivity contribution < 1.29 is 0 Å². The van der Waals surface area contributed by atoms with Crippen molar-refractivity contribution in [3.8, 4) is 39.1 Å². The van der Waals surface area contributed by atoms with Gasteiger partial charge in [-0.15, -0.1) is 0 Å². The highest BCUT2D eigenvalue weighted by Crippen LogP contribution is 2.41. The smallest absolute Gasteiger partial charge is 0.0541 e. The van der Waals surface area contributed by atoms with Crippen molar-refractivity contribution in [2.24, 2.45) is 0 Å². The molecule has 0 aliphatic heterocycles. The number of rotatable bonds is 7. The SMILES string of the molecule is c1ccc(-c2ccc(N(c3ccc(-c4ccccc4-n4c5ccccc5c5ccccc54)cc3)c3cccc(-c4ccc5c(ccc6ccc7ccccc7c65)c4)c3)cc2)cc1. The predicted octanol–water partition coefficient (Wildman–Crippen LogP) is 16.7. The Hall–Kier alpha value is -8.20. The number of nitrogens with zero attached hydrogens (tertiary/aromatic N) is 2. The summed E-state index contributed by atoms with van der Waals surface area (Å²) in [5.74, 6) is 0. The van der Waals surface area contributed by atoms with Crippen LogP contribution in [0.25, 0.3) is 93.2 Å². The molecule has 0 aliphatic carbocycles. The van der Waals surface area contributed by atoms with Crippen molar-refractivity contribution in [1.29, 1.82) is 0 Å². The second kappa shape index (κ2) is 14.8. The standard InChI is InChI=1S/C60H40N2/c1-2-13-41(14-3-1)42-29-34-49(35-30-42)61(51-17-12-16-46(40-51)47-33-38-54-48(39-47)28-27-45-26-25-43-15-4-5-19-53(43)60(45)54)50-36-31-44(32-37-50)52-18-6-9-22-57(52)62-58-23-10-7-20-55(58)56-21-8-11-24-59(56)62/h1-40H. The molecule has 0 radical (unpaired) electrons. The van der Waals surface area contributed by atoms with Gasteiger partial charge in [-0.2, -0.15) is 0 Å². The zero-order valence-electron chi connectivity index (χ0n) is 34.0. The highest BCUT2D eigenvalue weighted by Gasteiger charge is 2.18. The van der Waals surface area contributed by atoms with Gasteiger partial charge < -0.3 is 9.47 Å². The molecule has 0 saturated heterocycles. The summed E-state index contributed by atoms with van der Waals surface area (Å²) in [6.07, 6.45) is 0. The predicted molar refractivity (Wildman–Crippen MR) is 264 cm³/mol. The fourth-order valence-corrected chi connectivity index (χ4v) is 9.61. The first-order chi connectivity index (χ1) is 30.7. The van der Waals surface area contributed by atoms with Crippen LogP contribution in [0.15, 0.2) is 243 Å². The second-order valence-corrected chi connectivity index (χ2v) is 16.1. The lowest BCUT2D eigenvalue weighted by Gasteiger charge is -2.26. The van der Waals surface area contributed by atoms with E-state index in [-0.39, 0.29) is 0 Å². The van der Waals surface area contributed by atoms with Gasteiger partial charge in [0.15, 0.2) is 0 Å². The summed E-state index contributed by atoms with van der Waals surface area (Å²) in [6.45, 7) is 0. The quantitative estimate of drug-likeness (QED) is 0.146. The van der Waals surface area contributed by atoms with Crippen LogP contribution in [-0.2, 0) is 0 Å². The van der Waals surface area contributed by atoms with Crippen LogP contribution in [0.4, 0.5) is 17.1 Å². The Morgan fingerprint density at radius 1 is 0.274 bits per heavy atom. The highest BCUT2D eigenvalue weighted by molar-refractivity contribution is 6.20. The van der Waals surface area contributed by atoms with E-state index in [9.17, 15) is 0 Å². The van der Waals surface area contributed by atoms with E-state index >= 15 is 0 Å². The Labute approximate surface area is 360 Å². The van der Waals surface area contributed by atoms with E-state index in [0.29, 0.717) is 0 Å². The number of anilines is 3. The minimum atomic E-state index is 1.09. The summed E-state index contributed by atoms with van der Waals surface area (Å²) in [6, 6.07) is 88.4. The van der Waals surface area contributed by atoms with Gasteiger partial charge in [0.2, 0.25) is 0 Å². The average molecular weight is 789 g/mol. The molecule has 0 atom stereocenters. The molecule has 0 bridgehead atoms. The number of hydrogen-bond donors (Lipinski definition) is 0. The van der Waals surface area contributed by atoms with E-state index < -0.39 is 0 Å². The molecule has 0 spiro atoms. The maximum absolute atomic E-state index is 2.41. The zero-order valence-corrected chi connectivity index (χ0v) is 34.0. The maximum Gasteiger partial charge on any atom is 0.0541 e. The lowest BCUT2D eigenvalue weighted by molar-refractivity contribution is 1.18. The highest BCUT2D eigenvalue weighted by atomic mass is 15.1. The van der Waals surface area contributed by atoms with Crippen LogP contribution in [0.3, 0.4) is 0 Å². The molecule has 2 nitrogen and oxygen atoms in total. The molecule has 290 valence electrons. The molecule has 0 fully saturated rings. The maximum atomic E-state index is 2.41. The third-order valence-corrected chi connectivity index (χ3v) is 12.6. The molecule has 11 aromatic carbocycles. The second-order valence-electron chi connectivity index (χ2n) is 16.1. The van der Waals surface area contributed by atoms with Crippen LogP contribution in [0.5, 0.6) is 0 Å². The first kappa shape index (κ1) is 35.7. The van der Waals surface area contributed by atoms with Crippen LogP contribution in [0.1, 0.15) is 0 Å². The van der Waals surface area contributed by atoms with Crippen LogP contribution < -0.4 is 4.90 Å². The number of para-hydroxylation sites is 3. The molecule has 0 saturated carbocycles. The largest absolute Gasteiger partial charge is 0.310 e. The normalized spacial score (nSPS) is 11.5. The van der Waals surface area contributed by atoms with Gasteiger partial charge in [0, 0.05) is 33.4 Å². The van der Waals surface area contributed by atoms with Crippen molar-refractivity contribution in [3.63, 3.8) is 0 Å². The minimum Gasteiger partial charge on any atom is -0.310 e. The van der Waals surface area contributed by atoms with Gasteiger partial charge in [0.05, 0.1) is 16.7 Å². The van der Waals surface area contributed by atoms with Crippen LogP contribution in [-0.4, -0.2) is 4.57 Å². The third-order valence-electron chi connectivity index (χ3n) is 12.6. The fraction of sp³-hybridized carbons (Fsp3) is 0. The van der Waals surface area contributed by atoms with Crippen molar-refractivity contribution >= 4 is 71.2 Å². The summed E-state index contributed by atoms with van der Waals surface area (Å²) >= 11 is 0. The monoisotopic (exact) mass is 788 g/mol. The Morgan fingerprint density at radius 2 is 0.790 bits per heavy atom. The molecular formula is C60H40N2. The van der Waals surface area contributed by atoms with E-state index in [1.54, 1.807) is 0 Å². The van der Waals surface area contributed by atoms with E-state index in [0.717, 1.165) is 28.3 Å². The van der Waals surface area contributed by atoms with E-state index in [1.807, 2.05) is 0 Å². The van der Waals surface area contributed by atoms with Crippen LogP contribution >= 0.6 is 0 Å². The van der Waals surface area contributed by atoms with Gasteiger partial charge in [-0.1, -0.05) is 182 Å². The summed E-state index contributed by atoms with van der Waals surface area (Å²) in [5.41, 5.74) is 14.0.